The number of hydrogen-bond donors (Lipinski definition) is 1. The molecule has 28 heavy (non-hydrogen) atoms. The number of non-ortho nitro benzene ring substituents is 1. The molecule has 1 saturated heterocycles. The van der Waals surface area contributed by atoms with Crippen LogP contribution in [0.1, 0.15) is 47.4 Å². The number of fused-ring (bicyclic) bond motifs is 1. The van der Waals surface area contributed by atoms with E-state index in [-0.39, 0.29) is 29.4 Å². The molecule has 1 aromatic carbocycles. The number of nitro benzene ring substituents is 1. The summed E-state index contributed by atoms with van der Waals surface area (Å²) >= 11 is 0. The van der Waals surface area contributed by atoms with Crippen LogP contribution in [-0.4, -0.2) is 58.7 Å². The Bertz CT molecular complexity index is 815. The van der Waals surface area contributed by atoms with Crippen molar-refractivity contribution in [1.29, 1.82) is 0 Å². The Morgan fingerprint density at radius 2 is 1.82 bits per heavy atom. The van der Waals surface area contributed by atoms with Crippen LogP contribution in [0.4, 0.5) is 10.5 Å². The number of amides is 4. The lowest BCUT2D eigenvalue weighted by molar-refractivity contribution is -0.384. The maximum atomic E-state index is 12.4. The third kappa shape index (κ3) is 3.97. The molecule has 0 aliphatic carbocycles. The van der Waals surface area contributed by atoms with Crippen molar-refractivity contribution in [2.75, 3.05) is 26.2 Å². The second-order valence-electron chi connectivity index (χ2n) is 7.69. The first-order valence-corrected chi connectivity index (χ1v) is 9.45. The van der Waals surface area contributed by atoms with Crippen LogP contribution in [-0.2, 0) is 0 Å². The van der Waals surface area contributed by atoms with Gasteiger partial charge in [-0.1, -0.05) is 13.8 Å². The number of nitrogens with zero attached hydrogens (tertiary/aromatic N) is 3. The van der Waals surface area contributed by atoms with Gasteiger partial charge in [-0.25, -0.2) is 4.79 Å². The largest absolute Gasteiger partial charge is 0.338 e. The average molecular weight is 388 g/mol. The van der Waals surface area contributed by atoms with Gasteiger partial charge in [0.15, 0.2) is 0 Å². The van der Waals surface area contributed by atoms with Crippen molar-refractivity contribution >= 4 is 23.5 Å². The molecule has 2 aliphatic rings. The summed E-state index contributed by atoms with van der Waals surface area (Å²) in [4.78, 5) is 50.2. The zero-order valence-corrected chi connectivity index (χ0v) is 16.0. The molecule has 0 aromatic heterocycles. The van der Waals surface area contributed by atoms with E-state index in [1.54, 1.807) is 4.90 Å². The van der Waals surface area contributed by atoms with Gasteiger partial charge in [0.1, 0.15) is 0 Å². The van der Waals surface area contributed by atoms with E-state index < -0.39 is 16.7 Å². The van der Waals surface area contributed by atoms with Crippen molar-refractivity contribution in [1.82, 2.24) is 15.1 Å². The Kier molecular flexibility index (Phi) is 5.62. The summed E-state index contributed by atoms with van der Waals surface area (Å²) in [6.07, 6.45) is 1.53. The Morgan fingerprint density at radius 1 is 1.18 bits per heavy atom. The van der Waals surface area contributed by atoms with Crippen LogP contribution in [0.3, 0.4) is 0 Å². The minimum atomic E-state index is -0.599. The molecule has 0 spiro atoms. The lowest BCUT2D eigenvalue weighted by Gasteiger charge is -2.35. The molecular weight excluding hydrogens is 364 g/mol. The molecule has 2 unspecified atom stereocenters. The number of rotatable bonds is 5. The minimum absolute atomic E-state index is 0.0551. The topological polar surface area (TPSA) is 113 Å². The summed E-state index contributed by atoms with van der Waals surface area (Å²) in [5, 5.41) is 13.7. The maximum absolute atomic E-state index is 12.4. The minimum Gasteiger partial charge on any atom is -0.338 e. The van der Waals surface area contributed by atoms with Crippen molar-refractivity contribution < 1.29 is 19.3 Å². The van der Waals surface area contributed by atoms with Crippen molar-refractivity contribution in [3.63, 3.8) is 0 Å². The molecule has 2 aliphatic heterocycles. The van der Waals surface area contributed by atoms with Crippen LogP contribution >= 0.6 is 0 Å². The molecular formula is C19H24N4O5. The molecule has 0 radical (unpaired) electrons. The lowest BCUT2D eigenvalue weighted by atomic mass is 9.92. The lowest BCUT2D eigenvalue weighted by Crippen LogP contribution is -2.48. The van der Waals surface area contributed by atoms with E-state index in [9.17, 15) is 24.5 Å². The number of urea groups is 1. The number of carbonyl (C=O) groups excluding carboxylic acids is 3. The maximum Gasteiger partial charge on any atom is 0.317 e. The van der Waals surface area contributed by atoms with Crippen molar-refractivity contribution in [3.8, 4) is 0 Å². The van der Waals surface area contributed by atoms with Crippen LogP contribution in [0, 0.1) is 22.0 Å². The van der Waals surface area contributed by atoms with Gasteiger partial charge in [-0.2, -0.15) is 0 Å². The van der Waals surface area contributed by atoms with Crippen molar-refractivity contribution in [3.05, 3.63) is 39.4 Å². The van der Waals surface area contributed by atoms with E-state index in [1.165, 1.54) is 12.1 Å². The number of nitro groups is 1. The first-order valence-electron chi connectivity index (χ1n) is 9.45. The van der Waals surface area contributed by atoms with Crippen LogP contribution in [0.25, 0.3) is 0 Å². The first kappa shape index (κ1) is 19.8. The summed E-state index contributed by atoms with van der Waals surface area (Å²) in [6, 6.07) is 3.54. The molecule has 0 bridgehead atoms. The third-order valence-electron chi connectivity index (χ3n) is 5.16. The highest BCUT2D eigenvalue weighted by atomic mass is 16.6. The van der Waals surface area contributed by atoms with Gasteiger partial charge in [-0.3, -0.25) is 24.6 Å². The van der Waals surface area contributed by atoms with Gasteiger partial charge in [-0.05, 0) is 30.7 Å². The second-order valence-corrected chi connectivity index (χ2v) is 7.69. The summed E-state index contributed by atoms with van der Waals surface area (Å²) < 4.78 is 0. The summed E-state index contributed by atoms with van der Waals surface area (Å²) in [6.45, 7) is 6.20. The predicted molar refractivity (Wildman–Crippen MR) is 101 cm³/mol. The van der Waals surface area contributed by atoms with E-state index in [0.29, 0.717) is 24.8 Å². The van der Waals surface area contributed by atoms with E-state index in [0.717, 1.165) is 30.5 Å². The fourth-order valence-corrected chi connectivity index (χ4v) is 3.97. The van der Waals surface area contributed by atoms with Gasteiger partial charge in [-0.15, -0.1) is 0 Å². The molecule has 1 fully saturated rings. The smallest absolute Gasteiger partial charge is 0.317 e. The number of carbonyl (C=O) groups is 3. The molecule has 0 saturated carbocycles. The molecule has 4 amide bonds. The van der Waals surface area contributed by atoms with Gasteiger partial charge >= 0.3 is 6.03 Å². The average Bonchev–Trinajstić information content (AvgIpc) is 2.88. The highest BCUT2D eigenvalue weighted by Crippen LogP contribution is 2.26. The highest BCUT2D eigenvalue weighted by Gasteiger charge is 2.36. The molecule has 2 atom stereocenters. The fourth-order valence-electron chi connectivity index (χ4n) is 3.97. The molecule has 3 rings (SSSR count). The number of piperidine rings is 1. The molecule has 9 heteroatoms. The monoisotopic (exact) mass is 388 g/mol. The number of hydrogen-bond acceptors (Lipinski definition) is 5. The Labute approximate surface area is 162 Å². The number of benzene rings is 1. The van der Waals surface area contributed by atoms with Gasteiger partial charge in [0.25, 0.3) is 17.5 Å². The number of nitrogens with one attached hydrogen (secondary N) is 1. The standard InChI is InChI=1S/C19H24N4O5/c1-12-8-13(2)11-21(10-12)19(26)20-6-3-7-22-17(24)15-5-4-14(23(27)28)9-16(15)18(22)25/h4-5,9,12-13H,3,6-8,10-11H2,1-2H3,(H,20,26). The molecule has 2 heterocycles. The normalized spacial score (nSPS) is 21.6. The Hall–Kier alpha value is -2.97. The second kappa shape index (κ2) is 7.95. The van der Waals surface area contributed by atoms with E-state index in [4.69, 9.17) is 0 Å². The van der Waals surface area contributed by atoms with Crippen LogP contribution in [0.15, 0.2) is 18.2 Å². The first-order chi connectivity index (χ1) is 13.3. The zero-order chi connectivity index (χ0) is 20.4. The van der Waals surface area contributed by atoms with Gasteiger partial charge in [0.05, 0.1) is 16.1 Å². The van der Waals surface area contributed by atoms with Gasteiger partial charge in [0.2, 0.25) is 0 Å². The van der Waals surface area contributed by atoms with Crippen molar-refractivity contribution in [2.24, 2.45) is 11.8 Å². The van der Waals surface area contributed by atoms with E-state index in [1.807, 2.05) is 0 Å². The van der Waals surface area contributed by atoms with Crippen LogP contribution < -0.4 is 5.32 Å². The fraction of sp³-hybridized carbons (Fsp3) is 0.526. The molecule has 9 nitrogen and oxygen atoms in total. The molecule has 1 aromatic rings. The quantitative estimate of drug-likeness (QED) is 0.360. The Morgan fingerprint density at radius 3 is 2.46 bits per heavy atom. The van der Waals surface area contributed by atoms with E-state index >= 15 is 0 Å². The third-order valence-corrected chi connectivity index (χ3v) is 5.16. The molecule has 150 valence electrons. The van der Waals surface area contributed by atoms with Crippen LogP contribution in [0.2, 0.25) is 0 Å². The number of likely N-dealkylation sites (tertiary alicyclic amines) is 1. The van der Waals surface area contributed by atoms with Gasteiger partial charge in [0, 0.05) is 38.3 Å². The van der Waals surface area contributed by atoms with Crippen molar-refractivity contribution in [2.45, 2.75) is 26.7 Å². The van der Waals surface area contributed by atoms with Crippen LogP contribution in [0.5, 0.6) is 0 Å². The summed E-state index contributed by atoms with van der Waals surface area (Å²) in [5.74, 6) is -0.0533. The predicted octanol–water partition coefficient (Wildman–Crippen LogP) is 2.27. The number of imide groups is 1. The highest BCUT2D eigenvalue weighted by molar-refractivity contribution is 6.21. The van der Waals surface area contributed by atoms with E-state index in [2.05, 4.69) is 19.2 Å². The van der Waals surface area contributed by atoms with Gasteiger partial charge < -0.3 is 10.2 Å². The SMILES string of the molecule is CC1CC(C)CN(C(=O)NCCCN2C(=O)c3ccc([N+](=O)[O-])cc3C2=O)C1. The summed E-state index contributed by atoms with van der Waals surface area (Å²) in [7, 11) is 0. The zero-order valence-electron chi connectivity index (χ0n) is 16.0. The summed E-state index contributed by atoms with van der Waals surface area (Å²) in [5.41, 5.74) is 0.00876. The molecule has 1 N–H and O–H groups in total. The Balaban J connectivity index is 1.51.